The first-order valence-electron chi connectivity index (χ1n) is 9.30. The zero-order valence-electron chi connectivity index (χ0n) is 16.7. The molecule has 7 nitrogen and oxygen atoms in total. The standard InChI is InChI=1S/C22H23N5O2/c1-15-14-20(21(29)27(3)13-10-17-8-11-23-12-9-17)26-22(24-15)25-19-6-4-18(5-7-19)16(2)28/h4-9,11-12,14H,10,13H2,1-3H3,(H,24,25,26). The van der Waals surface area contributed by atoms with Gasteiger partial charge in [0.05, 0.1) is 0 Å². The first-order valence-corrected chi connectivity index (χ1v) is 9.30. The van der Waals surface area contributed by atoms with Crippen molar-refractivity contribution in [2.75, 3.05) is 18.9 Å². The Balaban J connectivity index is 1.70. The number of likely N-dealkylation sites (N-methyl/N-ethyl adjacent to an activating group) is 1. The van der Waals surface area contributed by atoms with Crippen LogP contribution in [0.25, 0.3) is 0 Å². The van der Waals surface area contributed by atoms with Crippen LogP contribution < -0.4 is 5.32 Å². The Hall–Kier alpha value is -3.61. The Morgan fingerprint density at radius 1 is 1.03 bits per heavy atom. The lowest BCUT2D eigenvalue weighted by atomic mass is 10.1. The van der Waals surface area contributed by atoms with Crippen LogP contribution in [0.5, 0.6) is 0 Å². The van der Waals surface area contributed by atoms with Crippen LogP contribution in [0, 0.1) is 6.92 Å². The molecule has 0 saturated carbocycles. The summed E-state index contributed by atoms with van der Waals surface area (Å²) in [6.07, 6.45) is 4.22. The van der Waals surface area contributed by atoms with Crippen LogP contribution >= 0.6 is 0 Å². The smallest absolute Gasteiger partial charge is 0.272 e. The van der Waals surface area contributed by atoms with E-state index < -0.39 is 0 Å². The van der Waals surface area contributed by atoms with Crippen LogP contribution in [0.1, 0.15) is 39.0 Å². The van der Waals surface area contributed by atoms with E-state index in [4.69, 9.17) is 0 Å². The highest BCUT2D eigenvalue weighted by Crippen LogP contribution is 2.16. The molecule has 2 aromatic heterocycles. The van der Waals surface area contributed by atoms with Crippen LogP contribution in [-0.2, 0) is 6.42 Å². The number of carbonyl (C=O) groups excluding carboxylic acids is 2. The average molecular weight is 389 g/mol. The lowest BCUT2D eigenvalue weighted by Crippen LogP contribution is -2.30. The number of nitrogens with zero attached hydrogens (tertiary/aromatic N) is 4. The Bertz CT molecular complexity index is 1000. The molecular weight excluding hydrogens is 366 g/mol. The number of pyridine rings is 1. The Morgan fingerprint density at radius 2 is 1.72 bits per heavy atom. The number of aryl methyl sites for hydroxylation is 1. The van der Waals surface area contributed by atoms with Crippen molar-refractivity contribution in [2.45, 2.75) is 20.3 Å². The zero-order valence-corrected chi connectivity index (χ0v) is 16.7. The molecule has 29 heavy (non-hydrogen) atoms. The average Bonchev–Trinajstić information content (AvgIpc) is 2.72. The maximum atomic E-state index is 12.8. The van der Waals surface area contributed by atoms with Gasteiger partial charge in [0.1, 0.15) is 5.69 Å². The van der Waals surface area contributed by atoms with Gasteiger partial charge in [-0.15, -0.1) is 0 Å². The number of aromatic nitrogens is 3. The molecule has 3 aromatic rings. The molecule has 1 aromatic carbocycles. The Morgan fingerprint density at radius 3 is 2.38 bits per heavy atom. The van der Waals surface area contributed by atoms with E-state index in [9.17, 15) is 9.59 Å². The molecule has 148 valence electrons. The second-order valence-electron chi connectivity index (χ2n) is 6.81. The molecule has 7 heteroatoms. The molecule has 1 amide bonds. The summed E-state index contributed by atoms with van der Waals surface area (Å²) in [4.78, 5) is 38.6. The topological polar surface area (TPSA) is 88.1 Å². The molecule has 0 aliphatic carbocycles. The fraction of sp³-hybridized carbons (Fsp3) is 0.227. The molecule has 0 aliphatic heterocycles. The van der Waals surface area contributed by atoms with Gasteiger partial charge in [0.15, 0.2) is 5.78 Å². The number of amides is 1. The molecule has 0 atom stereocenters. The lowest BCUT2D eigenvalue weighted by Gasteiger charge is -2.17. The highest BCUT2D eigenvalue weighted by molar-refractivity contribution is 5.94. The van der Waals surface area contributed by atoms with E-state index in [1.54, 1.807) is 54.7 Å². The molecule has 3 rings (SSSR count). The van der Waals surface area contributed by atoms with E-state index in [2.05, 4.69) is 20.3 Å². The number of carbonyl (C=O) groups is 2. The summed E-state index contributed by atoms with van der Waals surface area (Å²) in [6, 6.07) is 12.6. The Kier molecular flexibility index (Phi) is 6.29. The Labute approximate surface area is 169 Å². The first-order chi connectivity index (χ1) is 13.9. The van der Waals surface area contributed by atoms with Crippen molar-refractivity contribution in [3.8, 4) is 0 Å². The number of anilines is 2. The molecular formula is C22H23N5O2. The van der Waals surface area contributed by atoms with Crippen LogP contribution in [0.2, 0.25) is 0 Å². The van der Waals surface area contributed by atoms with Gasteiger partial charge < -0.3 is 10.2 Å². The predicted molar refractivity (Wildman–Crippen MR) is 111 cm³/mol. The van der Waals surface area contributed by atoms with Gasteiger partial charge in [-0.25, -0.2) is 9.97 Å². The fourth-order valence-corrected chi connectivity index (χ4v) is 2.79. The minimum atomic E-state index is -0.167. The molecule has 0 spiro atoms. The highest BCUT2D eigenvalue weighted by atomic mass is 16.2. The summed E-state index contributed by atoms with van der Waals surface area (Å²) in [6.45, 7) is 3.91. The molecule has 0 fully saturated rings. The summed E-state index contributed by atoms with van der Waals surface area (Å²) >= 11 is 0. The van der Waals surface area contributed by atoms with Crippen molar-refractivity contribution >= 4 is 23.3 Å². The van der Waals surface area contributed by atoms with Gasteiger partial charge >= 0.3 is 0 Å². The van der Waals surface area contributed by atoms with E-state index in [0.717, 1.165) is 17.7 Å². The number of Topliss-reactive ketones (excluding diaryl/α,β-unsaturated/α-hetero) is 1. The van der Waals surface area contributed by atoms with Gasteiger partial charge in [0.2, 0.25) is 5.95 Å². The molecule has 2 heterocycles. The second kappa shape index (κ2) is 9.05. The summed E-state index contributed by atoms with van der Waals surface area (Å²) in [7, 11) is 1.76. The van der Waals surface area contributed by atoms with Crippen molar-refractivity contribution in [3.63, 3.8) is 0 Å². The number of nitrogens with one attached hydrogen (secondary N) is 1. The van der Waals surface area contributed by atoms with Gasteiger partial charge in [-0.2, -0.15) is 0 Å². The van der Waals surface area contributed by atoms with Crippen molar-refractivity contribution in [1.29, 1.82) is 0 Å². The number of rotatable bonds is 7. The first kappa shape index (κ1) is 20.1. The molecule has 0 aliphatic rings. The van der Waals surface area contributed by atoms with Crippen molar-refractivity contribution in [3.05, 3.63) is 77.4 Å². The van der Waals surface area contributed by atoms with Gasteiger partial charge in [-0.05, 0) is 68.3 Å². The van der Waals surface area contributed by atoms with Gasteiger partial charge in [0, 0.05) is 42.9 Å². The fourth-order valence-electron chi connectivity index (χ4n) is 2.79. The predicted octanol–water partition coefficient (Wildman–Crippen LogP) is 3.44. The summed E-state index contributed by atoms with van der Waals surface area (Å²) < 4.78 is 0. The number of benzene rings is 1. The number of hydrogen-bond acceptors (Lipinski definition) is 6. The number of hydrogen-bond donors (Lipinski definition) is 1. The SMILES string of the molecule is CC(=O)c1ccc(Nc2nc(C)cc(C(=O)N(C)CCc3ccncc3)n2)cc1. The minimum absolute atomic E-state index is 0.00559. The van der Waals surface area contributed by atoms with Crippen molar-refractivity contribution in [2.24, 2.45) is 0 Å². The van der Waals surface area contributed by atoms with Gasteiger partial charge in [-0.3, -0.25) is 14.6 Å². The molecule has 1 N–H and O–H groups in total. The van der Waals surface area contributed by atoms with E-state index in [0.29, 0.717) is 29.4 Å². The van der Waals surface area contributed by atoms with E-state index in [-0.39, 0.29) is 11.7 Å². The zero-order chi connectivity index (χ0) is 20.8. The third-order valence-electron chi connectivity index (χ3n) is 4.45. The minimum Gasteiger partial charge on any atom is -0.340 e. The third kappa shape index (κ3) is 5.44. The third-order valence-corrected chi connectivity index (χ3v) is 4.45. The normalized spacial score (nSPS) is 10.4. The number of ketones is 1. The van der Waals surface area contributed by atoms with Crippen LogP contribution in [0.3, 0.4) is 0 Å². The van der Waals surface area contributed by atoms with E-state index in [1.807, 2.05) is 19.1 Å². The molecule has 0 bridgehead atoms. The quantitative estimate of drug-likeness (QED) is 0.623. The maximum absolute atomic E-state index is 12.8. The van der Waals surface area contributed by atoms with E-state index in [1.165, 1.54) is 6.92 Å². The van der Waals surface area contributed by atoms with E-state index >= 15 is 0 Å². The van der Waals surface area contributed by atoms with Crippen LogP contribution in [0.4, 0.5) is 11.6 Å². The summed E-state index contributed by atoms with van der Waals surface area (Å²) in [5.41, 5.74) is 3.51. The highest BCUT2D eigenvalue weighted by Gasteiger charge is 2.15. The van der Waals surface area contributed by atoms with Gasteiger partial charge in [0.25, 0.3) is 5.91 Å². The largest absolute Gasteiger partial charge is 0.340 e. The second-order valence-corrected chi connectivity index (χ2v) is 6.81. The summed E-state index contributed by atoms with van der Waals surface area (Å²) in [5.74, 6) is 0.178. The van der Waals surface area contributed by atoms with Crippen molar-refractivity contribution < 1.29 is 9.59 Å². The molecule has 0 radical (unpaired) electrons. The summed E-state index contributed by atoms with van der Waals surface area (Å²) in [5, 5.41) is 3.09. The van der Waals surface area contributed by atoms with Crippen LogP contribution in [-0.4, -0.2) is 45.1 Å². The van der Waals surface area contributed by atoms with Gasteiger partial charge in [-0.1, -0.05) is 0 Å². The molecule has 0 unspecified atom stereocenters. The van der Waals surface area contributed by atoms with Crippen molar-refractivity contribution in [1.82, 2.24) is 19.9 Å². The lowest BCUT2D eigenvalue weighted by molar-refractivity contribution is 0.0790. The maximum Gasteiger partial charge on any atom is 0.272 e. The monoisotopic (exact) mass is 389 g/mol. The molecule has 0 saturated heterocycles. The van der Waals surface area contributed by atoms with Crippen LogP contribution in [0.15, 0.2) is 54.9 Å².